The molecule has 2 unspecified atom stereocenters. The van der Waals surface area contributed by atoms with Crippen LogP contribution < -0.4 is 26.8 Å². The first-order valence-corrected chi connectivity index (χ1v) is 9.94. The molecule has 29 heavy (non-hydrogen) atoms. The minimum Gasteiger partial charge on any atom is -1.00 e. The average molecular weight is 420 g/mol. The summed E-state index contributed by atoms with van der Waals surface area (Å²) in [7, 11) is 0. The van der Waals surface area contributed by atoms with Gasteiger partial charge in [0.15, 0.2) is 17.6 Å². The van der Waals surface area contributed by atoms with Crippen molar-refractivity contribution in [3.05, 3.63) is 54.6 Å². The van der Waals surface area contributed by atoms with E-state index >= 15 is 0 Å². The maximum absolute atomic E-state index is 10.3. The zero-order chi connectivity index (χ0) is 19.2. The van der Waals surface area contributed by atoms with Gasteiger partial charge in [-0.1, -0.05) is 30.3 Å². The van der Waals surface area contributed by atoms with Crippen LogP contribution in [0.4, 0.5) is 5.69 Å². The van der Waals surface area contributed by atoms with Crippen LogP contribution in [0.25, 0.3) is 0 Å². The Morgan fingerprint density at radius 2 is 1.66 bits per heavy atom. The first-order chi connectivity index (χ1) is 13.8. The molecule has 2 aliphatic rings. The van der Waals surface area contributed by atoms with E-state index in [1.54, 1.807) is 0 Å². The summed E-state index contributed by atoms with van der Waals surface area (Å²) in [6.45, 7) is 5.66. The molecule has 0 radical (unpaired) electrons. The van der Waals surface area contributed by atoms with E-state index in [-0.39, 0.29) is 18.5 Å². The third-order valence-corrected chi connectivity index (χ3v) is 5.14. The number of aliphatic hydroxyl groups excluding tert-OH is 1. The number of piperazine rings is 1. The fraction of sp³-hybridized carbons (Fsp3) is 0.455. The van der Waals surface area contributed by atoms with Crippen LogP contribution in [0.3, 0.4) is 0 Å². The SMILES string of the molecule is OC(COCC1COc2ccccc2O1)CN1CCN(c2ccccc2)CC1.[Cl-]. The molecule has 2 heterocycles. The van der Waals surface area contributed by atoms with Crippen molar-refractivity contribution in [2.75, 3.05) is 57.4 Å². The average Bonchev–Trinajstić information content (AvgIpc) is 2.75. The highest BCUT2D eigenvalue weighted by molar-refractivity contribution is 5.46. The van der Waals surface area contributed by atoms with Crippen LogP contribution in [0.2, 0.25) is 0 Å². The minimum absolute atomic E-state index is 0. The normalized spacial score (nSPS) is 20.0. The second-order valence-corrected chi connectivity index (χ2v) is 7.31. The Bertz CT molecular complexity index is 741. The fourth-order valence-electron chi connectivity index (χ4n) is 3.66. The number of hydrogen-bond acceptors (Lipinski definition) is 6. The van der Waals surface area contributed by atoms with Gasteiger partial charge < -0.3 is 36.6 Å². The first kappa shape index (κ1) is 21.7. The van der Waals surface area contributed by atoms with E-state index in [0.717, 1.165) is 37.7 Å². The summed E-state index contributed by atoms with van der Waals surface area (Å²) >= 11 is 0. The molecule has 2 aromatic carbocycles. The van der Waals surface area contributed by atoms with Gasteiger partial charge in [0.2, 0.25) is 0 Å². The Morgan fingerprint density at radius 3 is 2.41 bits per heavy atom. The number of benzene rings is 2. The largest absolute Gasteiger partial charge is 1.00 e. The molecule has 1 N–H and O–H groups in total. The van der Waals surface area contributed by atoms with Gasteiger partial charge in [-0.15, -0.1) is 0 Å². The van der Waals surface area contributed by atoms with E-state index < -0.39 is 6.10 Å². The van der Waals surface area contributed by atoms with Gasteiger partial charge in [-0.2, -0.15) is 0 Å². The van der Waals surface area contributed by atoms with Gasteiger partial charge in [-0.05, 0) is 24.3 Å². The molecule has 1 fully saturated rings. The lowest BCUT2D eigenvalue weighted by molar-refractivity contribution is -0.0292. The number of para-hydroxylation sites is 3. The highest BCUT2D eigenvalue weighted by Gasteiger charge is 2.22. The van der Waals surface area contributed by atoms with E-state index in [1.807, 2.05) is 30.3 Å². The number of β-amino-alcohol motifs (C(OH)–C–C–N with tert-alkyl or cyclic N) is 1. The molecule has 4 rings (SSSR count). The van der Waals surface area contributed by atoms with Crippen molar-refractivity contribution in [1.29, 1.82) is 0 Å². The Kier molecular flexibility index (Phi) is 8.00. The van der Waals surface area contributed by atoms with Crippen molar-refractivity contribution in [3.8, 4) is 11.5 Å². The monoisotopic (exact) mass is 419 g/mol. The van der Waals surface area contributed by atoms with E-state index in [2.05, 4.69) is 34.1 Å². The Labute approximate surface area is 178 Å². The van der Waals surface area contributed by atoms with Crippen LogP contribution in [0, 0.1) is 0 Å². The van der Waals surface area contributed by atoms with Crippen LogP contribution in [0.1, 0.15) is 0 Å². The molecule has 0 aliphatic carbocycles. The highest BCUT2D eigenvalue weighted by atomic mass is 35.5. The molecule has 0 saturated carbocycles. The molecular formula is C22H28ClN2O4-. The molecule has 1 saturated heterocycles. The van der Waals surface area contributed by atoms with Crippen LogP contribution in [0.5, 0.6) is 11.5 Å². The molecule has 2 atom stereocenters. The smallest absolute Gasteiger partial charge is 0.161 e. The summed E-state index contributed by atoms with van der Waals surface area (Å²) < 4.78 is 17.2. The molecule has 0 spiro atoms. The van der Waals surface area contributed by atoms with Crippen LogP contribution in [-0.2, 0) is 4.74 Å². The molecule has 0 bridgehead atoms. The Balaban J connectivity index is 0.00000240. The van der Waals surface area contributed by atoms with Crippen molar-refractivity contribution >= 4 is 5.69 Å². The third kappa shape index (κ3) is 6.00. The quantitative estimate of drug-likeness (QED) is 0.623. The fourth-order valence-corrected chi connectivity index (χ4v) is 3.66. The second kappa shape index (κ2) is 10.7. The first-order valence-electron chi connectivity index (χ1n) is 9.94. The van der Waals surface area contributed by atoms with E-state index in [4.69, 9.17) is 14.2 Å². The second-order valence-electron chi connectivity index (χ2n) is 7.31. The van der Waals surface area contributed by atoms with E-state index in [0.29, 0.717) is 26.4 Å². The van der Waals surface area contributed by atoms with Gasteiger partial charge in [-0.25, -0.2) is 0 Å². The number of rotatable bonds is 7. The molecule has 7 heteroatoms. The molecule has 2 aliphatic heterocycles. The predicted molar refractivity (Wildman–Crippen MR) is 108 cm³/mol. The van der Waals surface area contributed by atoms with Crippen LogP contribution in [-0.4, -0.2) is 74.8 Å². The van der Waals surface area contributed by atoms with Crippen molar-refractivity contribution in [2.24, 2.45) is 0 Å². The van der Waals surface area contributed by atoms with Crippen LogP contribution >= 0.6 is 0 Å². The summed E-state index contributed by atoms with van der Waals surface area (Å²) in [6.07, 6.45) is -0.642. The number of fused-ring (bicyclic) bond motifs is 1. The van der Waals surface area contributed by atoms with E-state index in [1.165, 1.54) is 5.69 Å². The number of halogens is 1. The van der Waals surface area contributed by atoms with Crippen molar-refractivity contribution < 1.29 is 31.7 Å². The maximum Gasteiger partial charge on any atom is 0.161 e. The summed E-state index contributed by atoms with van der Waals surface area (Å²) in [5, 5.41) is 10.3. The van der Waals surface area contributed by atoms with Gasteiger partial charge in [0.05, 0.1) is 19.3 Å². The van der Waals surface area contributed by atoms with Crippen LogP contribution in [0.15, 0.2) is 54.6 Å². The topological polar surface area (TPSA) is 54.4 Å². The Morgan fingerprint density at radius 1 is 0.966 bits per heavy atom. The summed E-state index contributed by atoms with van der Waals surface area (Å²) in [5.74, 6) is 1.52. The number of nitrogens with zero attached hydrogens (tertiary/aromatic N) is 2. The van der Waals surface area contributed by atoms with Crippen molar-refractivity contribution in [1.82, 2.24) is 4.90 Å². The van der Waals surface area contributed by atoms with E-state index in [9.17, 15) is 5.11 Å². The van der Waals surface area contributed by atoms with Crippen molar-refractivity contribution in [3.63, 3.8) is 0 Å². The minimum atomic E-state index is -0.500. The molecule has 0 amide bonds. The molecule has 2 aromatic rings. The third-order valence-electron chi connectivity index (χ3n) is 5.14. The van der Waals surface area contributed by atoms with Gasteiger partial charge >= 0.3 is 0 Å². The molecule has 158 valence electrons. The van der Waals surface area contributed by atoms with Gasteiger partial charge in [0, 0.05) is 38.4 Å². The lowest BCUT2D eigenvalue weighted by atomic mass is 10.2. The van der Waals surface area contributed by atoms with Gasteiger partial charge in [0.25, 0.3) is 0 Å². The summed E-state index contributed by atoms with van der Waals surface area (Å²) in [6, 6.07) is 18.1. The standard InChI is InChI=1S/C22H28N2O4.ClH/c25-19(14-23-10-12-24(13-11-23)18-6-2-1-3-7-18)15-26-16-20-17-27-21-8-4-5-9-22(21)28-20;/h1-9,19-20,25H,10-17H2;1H/p-1. The lowest BCUT2D eigenvalue weighted by Gasteiger charge is -2.36. The number of ether oxygens (including phenoxy) is 3. The predicted octanol–water partition coefficient (Wildman–Crippen LogP) is -0.970. The summed E-state index contributed by atoms with van der Waals surface area (Å²) in [4.78, 5) is 4.68. The lowest BCUT2D eigenvalue weighted by Crippen LogP contribution is -3.00. The van der Waals surface area contributed by atoms with Gasteiger partial charge in [0.1, 0.15) is 6.61 Å². The zero-order valence-electron chi connectivity index (χ0n) is 16.5. The number of aliphatic hydroxyl groups is 1. The highest BCUT2D eigenvalue weighted by Crippen LogP contribution is 2.30. The van der Waals surface area contributed by atoms with Crippen molar-refractivity contribution in [2.45, 2.75) is 12.2 Å². The molecular weight excluding hydrogens is 392 g/mol. The zero-order valence-corrected chi connectivity index (χ0v) is 17.2. The number of hydrogen-bond donors (Lipinski definition) is 1. The Hall–Kier alpha value is -1.99. The summed E-state index contributed by atoms with van der Waals surface area (Å²) in [5.41, 5.74) is 1.27. The van der Waals surface area contributed by atoms with Gasteiger partial charge in [-0.3, -0.25) is 4.90 Å². The molecule has 0 aromatic heterocycles. The maximum atomic E-state index is 10.3. The molecule has 6 nitrogen and oxygen atoms in total. The number of anilines is 1.